The average molecular weight is 413 g/mol. The molecule has 1 aromatic heterocycles. The summed E-state index contributed by atoms with van der Waals surface area (Å²) in [7, 11) is 1.56. The molecular formula is C21H23N3O6. The number of ether oxygens (including phenoxy) is 2. The van der Waals surface area contributed by atoms with Gasteiger partial charge in [-0.05, 0) is 24.3 Å². The fourth-order valence-corrected chi connectivity index (χ4v) is 3.58. The normalized spacial score (nSPS) is 17.7. The van der Waals surface area contributed by atoms with Crippen LogP contribution >= 0.6 is 0 Å². The fraction of sp³-hybridized carbons (Fsp3) is 0.381. The molecular weight excluding hydrogens is 390 g/mol. The summed E-state index contributed by atoms with van der Waals surface area (Å²) in [6, 6.07) is 8.80. The van der Waals surface area contributed by atoms with Crippen LogP contribution in [-0.2, 0) is 20.9 Å². The van der Waals surface area contributed by atoms with Gasteiger partial charge < -0.3 is 29.0 Å². The zero-order valence-corrected chi connectivity index (χ0v) is 16.6. The molecule has 2 aliphatic heterocycles. The van der Waals surface area contributed by atoms with E-state index in [2.05, 4.69) is 5.32 Å². The number of carbonyl (C=O) groups is 3. The van der Waals surface area contributed by atoms with Crippen LogP contribution in [0.5, 0.6) is 11.5 Å². The third-order valence-corrected chi connectivity index (χ3v) is 5.11. The SMILES string of the molecule is CN(CC(=O)NCc1ccco1)C(=O)[C@H]1CC(=O)N(c2ccc3c(c2)OCCO3)C1. The third-order valence-electron chi connectivity index (χ3n) is 5.11. The first-order chi connectivity index (χ1) is 14.5. The second-order valence-corrected chi connectivity index (χ2v) is 7.28. The highest BCUT2D eigenvalue weighted by molar-refractivity contribution is 6.01. The number of rotatable bonds is 6. The molecule has 3 amide bonds. The number of benzene rings is 1. The van der Waals surface area contributed by atoms with Gasteiger partial charge >= 0.3 is 0 Å². The fourth-order valence-electron chi connectivity index (χ4n) is 3.58. The van der Waals surface area contributed by atoms with Gasteiger partial charge in [0.2, 0.25) is 17.7 Å². The van der Waals surface area contributed by atoms with E-state index in [9.17, 15) is 14.4 Å². The van der Waals surface area contributed by atoms with Crippen molar-refractivity contribution in [2.45, 2.75) is 13.0 Å². The number of nitrogens with zero attached hydrogens (tertiary/aromatic N) is 2. The molecule has 1 atom stereocenters. The van der Waals surface area contributed by atoms with Crippen molar-refractivity contribution in [2.24, 2.45) is 5.92 Å². The zero-order chi connectivity index (χ0) is 21.1. The van der Waals surface area contributed by atoms with Crippen LogP contribution in [0.1, 0.15) is 12.2 Å². The van der Waals surface area contributed by atoms with Crippen molar-refractivity contribution >= 4 is 23.4 Å². The molecule has 0 radical (unpaired) electrons. The molecule has 0 bridgehead atoms. The largest absolute Gasteiger partial charge is 0.486 e. The van der Waals surface area contributed by atoms with Crippen LogP contribution in [-0.4, -0.2) is 56.0 Å². The number of carbonyl (C=O) groups excluding carboxylic acids is 3. The molecule has 30 heavy (non-hydrogen) atoms. The highest BCUT2D eigenvalue weighted by Crippen LogP contribution is 2.36. The highest BCUT2D eigenvalue weighted by atomic mass is 16.6. The minimum absolute atomic E-state index is 0.0890. The van der Waals surface area contributed by atoms with Gasteiger partial charge in [-0.3, -0.25) is 14.4 Å². The number of hydrogen-bond donors (Lipinski definition) is 1. The first kappa shape index (κ1) is 19.8. The Balaban J connectivity index is 1.33. The van der Waals surface area contributed by atoms with Crippen molar-refractivity contribution in [1.82, 2.24) is 10.2 Å². The maximum absolute atomic E-state index is 12.8. The highest BCUT2D eigenvalue weighted by Gasteiger charge is 2.37. The van der Waals surface area contributed by atoms with E-state index >= 15 is 0 Å². The summed E-state index contributed by atoms with van der Waals surface area (Å²) in [4.78, 5) is 40.3. The second-order valence-electron chi connectivity index (χ2n) is 7.28. The molecule has 4 rings (SSSR count). The smallest absolute Gasteiger partial charge is 0.239 e. The molecule has 1 fully saturated rings. The molecule has 0 unspecified atom stereocenters. The van der Waals surface area contributed by atoms with Crippen molar-refractivity contribution in [1.29, 1.82) is 0 Å². The van der Waals surface area contributed by atoms with Gasteiger partial charge in [0.05, 0.1) is 25.3 Å². The van der Waals surface area contributed by atoms with Crippen LogP contribution in [0.15, 0.2) is 41.0 Å². The predicted molar refractivity (Wildman–Crippen MR) is 106 cm³/mol. The second kappa shape index (κ2) is 8.48. The van der Waals surface area contributed by atoms with E-state index in [1.54, 1.807) is 42.3 Å². The number of likely N-dealkylation sites (N-methyl/N-ethyl adjacent to an activating group) is 1. The summed E-state index contributed by atoms with van der Waals surface area (Å²) in [5.74, 6) is 0.686. The number of fused-ring (bicyclic) bond motifs is 1. The standard InChI is InChI=1S/C21H23N3O6/c1-23(13-19(25)22-11-16-3-2-6-28-16)21(27)14-9-20(26)24(12-14)15-4-5-17-18(10-15)30-8-7-29-17/h2-6,10,14H,7-9,11-13H2,1H3,(H,22,25)/t14-/m0/s1. The Kier molecular flexibility index (Phi) is 5.60. The molecule has 0 spiro atoms. The maximum Gasteiger partial charge on any atom is 0.239 e. The summed E-state index contributed by atoms with van der Waals surface area (Å²) >= 11 is 0. The molecule has 2 aromatic rings. The first-order valence-electron chi connectivity index (χ1n) is 9.75. The molecule has 1 saturated heterocycles. The minimum Gasteiger partial charge on any atom is -0.486 e. The predicted octanol–water partition coefficient (Wildman–Crippen LogP) is 1.18. The summed E-state index contributed by atoms with van der Waals surface area (Å²) in [6.07, 6.45) is 1.63. The van der Waals surface area contributed by atoms with Crippen LogP contribution in [0.25, 0.3) is 0 Å². The van der Waals surface area contributed by atoms with E-state index in [0.29, 0.717) is 36.2 Å². The maximum atomic E-state index is 12.8. The van der Waals surface area contributed by atoms with Crippen molar-refractivity contribution in [3.05, 3.63) is 42.4 Å². The Morgan fingerprint density at radius 3 is 2.77 bits per heavy atom. The first-order valence-corrected chi connectivity index (χ1v) is 9.75. The number of hydrogen-bond acceptors (Lipinski definition) is 6. The van der Waals surface area contributed by atoms with Crippen molar-refractivity contribution in [2.75, 3.05) is 38.3 Å². The molecule has 0 aliphatic carbocycles. The summed E-state index contributed by atoms with van der Waals surface area (Å²) < 4.78 is 16.2. The lowest BCUT2D eigenvalue weighted by atomic mass is 10.1. The molecule has 2 aliphatic rings. The van der Waals surface area contributed by atoms with Crippen molar-refractivity contribution in [3.8, 4) is 11.5 Å². The van der Waals surface area contributed by atoms with E-state index in [4.69, 9.17) is 13.9 Å². The third kappa shape index (κ3) is 4.24. The van der Waals surface area contributed by atoms with E-state index < -0.39 is 5.92 Å². The quantitative estimate of drug-likeness (QED) is 0.763. The number of anilines is 1. The van der Waals surface area contributed by atoms with Crippen molar-refractivity contribution in [3.63, 3.8) is 0 Å². The van der Waals surface area contributed by atoms with Crippen LogP contribution in [0.3, 0.4) is 0 Å². The van der Waals surface area contributed by atoms with Crippen molar-refractivity contribution < 1.29 is 28.3 Å². The lowest BCUT2D eigenvalue weighted by Gasteiger charge is -2.23. The van der Waals surface area contributed by atoms with Crippen LogP contribution in [0, 0.1) is 5.92 Å². The molecule has 1 N–H and O–H groups in total. The average Bonchev–Trinajstić information content (AvgIpc) is 3.41. The van der Waals surface area contributed by atoms with Gasteiger partial charge in [0.25, 0.3) is 0 Å². The monoisotopic (exact) mass is 413 g/mol. The minimum atomic E-state index is -0.506. The molecule has 158 valence electrons. The lowest BCUT2D eigenvalue weighted by molar-refractivity contribution is -0.138. The lowest BCUT2D eigenvalue weighted by Crippen LogP contribution is -2.41. The number of nitrogens with one attached hydrogen (secondary N) is 1. The van der Waals surface area contributed by atoms with Gasteiger partial charge in [0, 0.05) is 31.8 Å². The van der Waals surface area contributed by atoms with Gasteiger partial charge in [0.1, 0.15) is 19.0 Å². The Labute approximate surface area is 173 Å². The summed E-state index contributed by atoms with van der Waals surface area (Å²) in [6.45, 7) is 1.38. The van der Waals surface area contributed by atoms with E-state index in [0.717, 1.165) is 0 Å². The van der Waals surface area contributed by atoms with Gasteiger partial charge in [-0.1, -0.05) is 0 Å². The van der Waals surface area contributed by atoms with E-state index in [1.165, 1.54) is 11.2 Å². The summed E-state index contributed by atoms with van der Waals surface area (Å²) in [5, 5.41) is 2.70. The Morgan fingerprint density at radius 2 is 2.00 bits per heavy atom. The Morgan fingerprint density at radius 1 is 1.20 bits per heavy atom. The molecule has 9 heteroatoms. The van der Waals surface area contributed by atoms with Crippen LogP contribution < -0.4 is 19.7 Å². The van der Waals surface area contributed by atoms with Gasteiger partial charge in [-0.25, -0.2) is 0 Å². The number of amides is 3. The van der Waals surface area contributed by atoms with E-state index in [1.807, 2.05) is 0 Å². The molecule has 0 saturated carbocycles. The number of furan rings is 1. The molecule has 1 aromatic carbocycles. The van der Waals surface area contributed by atoms with Crippen LogP contribution in [0.4, 0.5) is 5.69 Å². The van der Waals surface area contributed by atoms with E-state index in [-0.39, 0.29) is 43.8 Å². The zero-order valence-electron chi connectivity index (χ0n) is 16.6. The van der Waals surface area contributed by atoms with Gasteiger partial charge in [-0.2, -0.15) is 0 Å². The Bertz CT molecular complexity index is 942. The van der Waals surface area contributed by atoms with Gasteiger partial charge in [-0.15, -0.1) is 0 Å². The Hall–Kier alpha value is -3.49. The molecule has 3 heterocycles. The van der Waals surface area contributed by atoms with Crippen LogP contribution in [0.2, 0.25) is 0 Å². The van der Waals surface area contributed by atoms with Gasteiger partial charge in [0.15, 0.2) is 11.5 Å². The summed E-state index contributed by atoms with van der Waals surface area (Å²) in [5.41, 5.74) is 0.665. The topological polar surface area (TPSA) is 101 Å². The molecule has 9 nitrogen and oxygen atoms in total.